The van der Waals surface area contributed by atoms with Crippen molar-refractivity contribution in [1.82, 2.24) is 14.9 Å². The molecule has 1 N–H and O–H groups in total. The van der Waals surface area contributed by atoms with Gasteiger partial charge in [0.05, 0.1) is 0 Å². The number of carbonyl (C=O) groups is 1. The highest BCUT2D eigenvalue weighted by molar-refractivity contribution is 5.93. The van der Waals surface area contributed by atoms with Crippen molar-refractivity contribution in [2.45, 2.75) is 27.3 Å². The lowest BCUT2D eigenvalue weighted by molar-refractivity contribution is 0.0767. The summed E-state index contributed by atoms with van der Waals surface area (Å²) in [4.78, 5) is 23.8. The number of amides is 1. The van der Waals surface area contributed by atoms with Crippen molar-refractivity contribution in [1.29, 1.82) is 0 Å². The van der Waals surface area contributed by atoms with E-state index >= 15 is 0 Å². The predicted molar refractivity (Wildman–Crippen MR) is 113 cm³/mol. The molecule has 0 unspecified atom stereocenters. The molecule has 0 saturated heterocycles. The molecule has 5 heteroatoms. The molecule has 2 aromatic carbocycles. The van der Waals surface area contributed by atoms with Gasteiger partial charge in [0.2, 0.25) is 0 Å². The molecule has 1 heterocycles. The smallest absolute Gasteiger partial charge is 0.272 e. The van der Waals surface area contributed by atoms with Crippen LogP contribution < -0.4 is 5.32 Å². The summed E-state index contributed by atoms with van der Waals surface area (Å²) < 4.78 is 0. The molecule has 0 aliphatic carbocycles. The SMILES string of the molecule is CCN(CC)C(=O)c1cc(NCc2ccc(C)cc2)nc(-c2ccccc2)n1. The first-order valence-electron chi connectivity index (χ1n) is 9.64. The van der Waals surface area contributed by atoms with Gasteiger partial charge in [-0.1, -0.05) is 60.2 Å². The summed E-state index contributed by atoms with van der Waals surface area (Å²) in [7, 11) is 0. The van der Waals surface area contributed by atoms with Crippen molar-refractivity contribution >= 4 is 11.7 Å². The Labute approximate surface area is 166 Å². The molecule has 1 aromatic heterocycles. The van der Waals surface area contributed by atoms with Crippen LogP contribution in [0, 0.1) is 6.92 Å². The molecule has 3 rings (SSSR count). The van der Waals surface area contributed by atoms with E-state index in [1.807, 2.05) is 44.2 Å². The Bertz CT molecular complexity index is 919. The second-order valence-corrected chi connectivity index (χ2v) is 6.64. The maximum absolute atomic E-state index is 12.9. The zero-order valence-corrected chi connectivity index (χ0v) is 16.6. The maximum Gasteiger partial charge on any atom is 0.272 e. The second kappa shape index (κ2) is 9.13. The van der Waals surface area contributed by atoms with Crippen molar-refractivity contribution in [3.63, 3.8) is 0 Å². The van der Waals surface area contributed by atoms with E-state index in [0.29, 0.717) is 37.0 Å². The van der Waals surface area contributed by atoms with Crippen LogP contribution in [0.4, 0.5) is 5.82 Å². The van der Waals surface area contributed by atoms with Gasteiger partial charge in [-0.05, 0) is 26.3 Å². The van der Waals surface area contributed by atoms with Crippen LogP contribution in [0.15, 0.2) is 60.7 Å². The Morgan fingerprint density at radius 2 is 1.64 bits per heavy atom. The highest BCUT2D eigenvalue weighted by atomic mass is 16.2. The molecule has 144 valence electrons. The van der Waals surface area contributed by atoms with Crippen LogP contribution in [-0.4, -0.2) is 33.9 Å². The number of benzene rings is 2. The van der Waals surface area contributed by atoms with Crippen LogP contribution >= 0.6 is 0 Å². The Hall–Kier alpha value is -3.21. The number of hydrogen-bond donors (Lipinski definition) is 1. The first kappa shape index (κ1) is 19.5. The zero-order valence-electron chi connectivity index (χ0n) is 16.6. The lowest BCUT2D eigenvalue weighted by Gasteiger charge is -2.19. The average Bonchev–Trinajstić information content (AvgIpc) is 2.74. The van der Waals surface area contributed by atoms with E-state index in [4.69, 9.17) is 0 Å². The third-order valence-corrected chi connectivity index (χ3v) is 4.62. The molecule has 0 aliphatic rings. The number of anilines is 1. The van der Waals surface area contributed by atoms with Gasteiger partial charge in [-0.25, -0.2) is 9.97 Å². The van der Waals surface area contributed by atoms with E-state index in [1.54, 1.807) is 11.0 Å². The third kappa shape index (κ3) is 4.74. The van der Waals surface area contributed by atoms with Gasteiger partial charge in [-0.2, -0.15) is 0 Å². The molecule has 3 aromatic rings. The quantitative estimate of drug-likeness (QED) is 0.659. The molecule has 28 heavy (non-hydrogen) atoms. The Kier molecular flexibility index (Phi) is 6.37. The van der Waals surface area contributed by atoms with Crippen molar-refractivity contribution < 1.29 is 4.79 Å². The number of nitrogens with one attached hydrogen (secondary N) is 1. The molecule has 0 saturated carbocycles. The highest BCUT2D eigenvalue weighted by Crippen LogP contribution is 2.19. The molecule has 0 radical (unpaired) electrons. The molecule has 0 aliphatic heterocycles. The van der Waals surface area contributed by atoms with E-state index in [-0.39, 0.29) is 5.91 Å². The summed E-state index contributed by atoms with van der Waals surface area (Å²) in [6, 6.07) is 19.8. The van der Waals surface area contributed by atoms with Crippen molar-refractivity contribution in [3.8, 4) is 11.4 Å². The third-order valence-electron chi connectivity index (χ3n) is 4.62. The van der Waals surface area contributed by atoms with E-state index < -0.39 is 0 Å². The fraction of sp³-hybridized carbons (Fsp3) is 0.261. The highest BCUT2D eigenvalue weighted by Gasteiger charge is 2.17. The topological polar surface area (TPSA) is 58.1 Å². The van der Waals surface area contributed by atoms with Crippen LogP contribution in [0.5, 0.6) is 0 Å². The Balaban J connectivity index is 1.92. The van der Waals surface area contributed by atoms with Gasteiger partial charge in [-0.15, -0.1) is 0 Å². The minimum absolute atomic E-state index is 0.0806. The molecule has 0 bridgehead atoms. The maximum atomic E-state index is 12.9. The van der Waals surface area contributed by atoms with Crippen LogP contribution in [0.3, 0.4) is 0 Å². The van der Waals surface area contributed by atoms with Gasteiger partial charge in [0, 0.05) is 31.3 Å². The van der Waals surface area contributed by atoms with Crippen molar-refractivity contribution in [2.24, 2.45) is 0 Å². The van der Waals surface area contributed by atoms with Gasteiger partial charge < -0.3 is 10.2 Å². The van der Waals surface area contributed by atoms with E-state index in [9.17, 15) is 4.79 Å². The summed E-state index contributed by atoms with van der Waals surface area (Å²) in [6.45, 7) is 7.93. The molecule has 0 spiro atoms. The largest absolute Gasteiger partial charge is 0.366 e. The number of hydrogen-bond acceptors (Lipinski definition) is 4. The van der Waals surface area contributed by atoms with E-state index in [2.05, 4.69) is 46.5 Å². The number of nitrogens with zero attached hydrogens (tertiary/aromatic N) is 3. The molecule has 0 fully saturated rings. The molecular weight excluding hydrogens is 348 g/mol. The summed E-state index contributed by atoms with van der Waals surface area (Å²) in [6.07, 6.45) is 0. The van der Waals surface area contributed by atoms with Crippen molar-refractivity contribution in [3.05, 3.63) is 77.5 Å². The number of aryl methyl sites for hydroxylation is 1. The van der Waals surface area contributed by atoms with Gasteiger partial charge in [0.1, 0.15) is 11.5 Å². The average molecular weight is 374 g/mol. The van der Waals surface area contributed by atoms with E-state index in [0.717, 1.165) is 11.1 Å². The number of carbonyl (C=O) groups excluding carboxylic acids is 1. The standard InChI is InChI=1S/C23H26N4O/c1-4-27(5-2)23(28)20-15-21(24-16-18-13-11-17(3)12-14-18)26-22(25-20)19-9-7-6-8-10-19/h6-15H,4-5,16H2,1-3H3,(H,24,25,26). The minimum Gasteiger partial charge on any atom is -0.366 e. The van der Waals surface area contributed by atoms with Crippen LogP contribution in [-0.2, 0) is 6.54 Å². The molecular formula is C23H26N4O. The lowest BCUT2D eigenvalue weighted by atomic mass is 10.1. The fourth-order valence-electron chi connectivity index (χ4n) is 2.94. The number of rotatable bonds is 7. The Morgan fingerprint density at radius 3 is 2.29 bits per heavy atom. The minimum atomic E-state index is -0.0806. The normalized spacial score (nSPS) is 10.5. The van der Waals surface area contributed by atoms with Crippen LogP contribution in [0.2, 0.25) is 0 Å². The summed E-state index contributed by atoms with van der Waals surface area (Å²) in [5.74, 6) is 1.11. The van der Waals surface area contributed by atoms with Gasteiger partial charge in [0.25, 0.3) is 5.91 Å². The van der Waals surface area contributed by atoms with Crippen LogP contribution in [0.1, 0.15) is 35.5 Å². The lowest BCUT2D eigenvalue weighted by Crippen LogP contribution is -2.31. The van der Waals surface area contributed by atoms with Crippen LogP contribution in [0.25, 0.3) is 11.4 Å². The molecule has 5 nitrogen and oxygen atoms in total. The monoisotopic (exact) mass is 374 g/mol. The fourth-order valence-corrected chi connectivity index (χ4v) is 2.94. The first-order chi connectivity index (χ1) is 13.6. The van der Waals surface area contributed by atoms with Gasteiger partial charge in [-0.3, -0.25) is 4.79 Å². The summed E-state index contributed by atoms with van der Waals surface area (Å²) >= 11 is 0. The summed E-state index contributed by atoms with van der Waals surface area (Å²) in [5, 5.41) is 3.34. The predicted octanol–water partition coefficient (Wildman–Crippen LogP) is 4.55. The summed E-state index contributed by atoms with van der Waals surface area (Å²) in [5.41, 5.74) is 3.67. The van der Waals surface area contributed by atoms with Gasteiger partial charge in [0.15, 0.2) is 5.82 Å². The van der Waals surface area contributed by atoms with Gasteiger partial charge >= 0.3 is 0 Å². The first-order valence-corrected chi connectivity index (χ1v) is 9.64. The molecule has 0 atom stereocenters. The number of aromatic nitrogens is 2. The zero-order chi connectivity index (χ0) is 19.9. The van der Waals surface area contributed by atoms with E-state index in [1.165, 1.54) is 5.56 Å². The second-order valence-electron chi connectivity index (χ2n) is 6.64. The molecule has 1 amide bonds. The Morgan fingerprint density at radius 1 is 0.964 bits per heavy atom. The van der Waals surface area contributed by atoms with Crippen molar-refractivity contribution in [2.75, 3.05) is 18.4 Å².